The number of urea groups is 1. The molecule has 8 heteroatoms. The van der Waals surface area contributed by atoms with E-state index in [1.54, 1.807) is 57.5 Å². The second-order valence-corrected chi connectivity index (χ2v) is 7.19. The summed E-state index contributed by atoms with van der Waals surface area (Å²) in [6.07, 6.45) is 0.333. The van der Waals surface area contributed by atoms with Crippen LogP contribution < -0.4 is 10.1 Å². The first-order chi connectivity index (χ1) is 14.3. The maximum Gasteiger partial charge on any atom is 0.325 e. The summed E-state index contributed by atoms with van der Waals surface area (Å²) in [5, 5.41) is 2.76. The molecule has 3 rings (SSSR count). The predicted molar refractivity (Wildman–Crippen MR) is 108 cm³/mol. The molecule has 1 aliphatic rings. The van der Waals surface area contributed by atoms with Crippen LogP contribution in [0.2, 0.25) is 0 Å². The van der Waals surface area contributed by atoms with Crippen molar-refractivity contribution in [3.63, 3.8) is 0 Å². The number of imide groups is 1. The Bertz CT molecular complexity index is 946. The highest BCUT2D eigenvalue weighted by Crippen LogP contribution is 2.33. The first-order valence-corrected chi connectivity index (χ1v) is 9.57. The molecule has 0 bridgehead atoms. The van der Waals surface area contributed by atoms with Crippen molar-refractivity contribution in [2.45, 2.75) is 25.4 Å². The second kappa shape index (κ2) is 8.52. The summed E-state index contributed by atoms with van der Waals surface area (Å²) < 4.78 is 18.2. The Labute approximate surface area is 174 Å². The standard InChI is InChI=1S/C22H24FN3O4/c1-4-22(16-7-11-18(30-3)12-8-16)20(28)26(21(29)24-22)14-19(27)25(2)13-15-5-9-17(23)10-6-15/h5-12H,4,13-14H2,1-3H3,(H,24,29). The number of halogens is 1. The number of ether oxygens (including phenoxy) is 1. The van der Waals surface area contributed by atoms with Crippen LogP contribution in [0.1, 0.15) is 24.5 Å². The summed E-state index contributed by atoms with van der Waals surface area (Å²) in [6, 6.07) is 12.1. The minimum absolute atomic E-state index is 0.236. The molecule has 1 aliphatic heterocycles. The number of likely N-dealkylation sites (N-methyl/N-ethyl adjacent to an activating group) is 1. The first kappa shape index (κ1) is 21.3. The summed E-state index contributed by atoms with van der Waals surface area (Å²) in [4.78, 5) is 40.7. The smallest absolute Gasteiger partial charge is 0.325 e. The molecule has 0 saturated carbocycles. The molecule has 0 radical (unpaired) electrons. The summed E-state index contributed by atoms with van der Waals surface area (Å²) in [5.74, 6) is -0.592. The van der Waals surface area contributed by atoms with Gasteiger partial charge in [0.25, 0.3) is 5.91 Å². The fraction of sp³-hybridized carbons (Fsp3) is 0.318. The van der Waals surface area contributed by atoms with Gasteiger partial charge < -0.3 is 15.0 Å². The van der Waals surface area contributed by atoms with E-state index in [1.807, 2.05) is 0 Å². The number of hydrogen-bond acceptors (Lipinski definition) is 4. The van der Waals surface area contributed by atoms with Crippen LogP contribution in [0.25, 0.3) is 0 Å². The second-order valence-electron chi connectivity index (χ2n) is 7.19. The van der Waals surface area contributed by atoms with Gasteiger partial charge in [-0.25, -0.2) is 9.18 Å². The summed E-state index contributed by atoms with van der Waals surface area (Å²) in [6.45, 7) is 1.66. The normalized spacial score (nSPS) is 18.3. The summed E-state index contributed by atoms with van der Waals surface area (Å²) >= 11 is 0. The number of hydrogen-bond donors (Lipinski definition) is 1. The molecule has 4 amide bonds. The molecule has 1 saturated heterocycles. The van der Waals surface area contributed by atoms with Crippen molar-refractivity contribution in [2.75, 3.05) is 20.7 Å². The van der Waals surface area contributed by atoms with Crippen molar-refractivity contribution in [1.82, 2.24) is 15.1 Å². The van der Waals surface area contributed by atoms with Gasteiger partial charge >= 0.3 is 6.03 Å². The van der Waals surface area contributed by atoms with Crippen LogP contribution in [0, 0.1) is 5.82 Å². The Hall–Kier alpha value is -3.42. The number of methoxy groups -OCH3 is 1. The lowest BCUT2D eigenvalue weighted by Crippen LogP contribution is -2.45. The number of benzene rings is 2. The maximum atomic E-state index is 13.2. The topological polar surface area (TPSA) is 79.0 Å². The highest BCUT2D eigenvalue weighted by molar-refractivity contribution is 6.09. The van der Waals surface area contributed by atoms with Gasteiger partial charge in [0.05, 0.1) is 7.11 Å². The monoisotopic (exact) mass is 413 g/mol. The number of rotatable bonds is 7. The molecule has 2 aromatic carbocycles. The van der Waals surface area contributed by atoms with Crippen molar-refractivity contribution in [1.29, 1.82) is 0 Å². The van der Waals surface area contributed by atoms with Crippen molar-refractivity contribution in [3.05, 3.63) is 65.5 Å². The molecule has 1 atom stereocenters. The highest BCUT2D eigenvalue weighted by Gasteiger charge is 2.51. The average Bonchev–Trinajstić information content (AvgIpc) is 3.00. The third kappa shape index (κ3) is 3.98. The van der Waals surface area contributed by atoms with Gasteiger partial charge in [-0.15, -0.1) is 0 Å². The van der Waals surface area contributed by atoms with E-state index in [9.17, 15) is 18.8 Å². The van der Waals surface area contributed by atoms with Crippen LogP contribution in [-0.4, -0.2) is 48.3 Å². The van der Waals surface area contributed by atoms with Gasteiger partial charge in [0.15, 0.2) is 0 Å². The molecule has 30 heavy (non-hydrogen) atoms. The van der Waals surface area contributed by atoms with E-state index in [4.69, 9.17) is 4.74 Å². The lowest BCUT2D eigenvalue weighted by atomic mass is 9.87. The van der Waals surface area contributed by atoms with E-state index in [2.05, 4.69) is 5.32 Å². The lowest BCUT2D eigenvalue weighted by Gasteiger charge is -2.26. The van der Waals surface area contributed by atoms with Crippen LogP contribution in [0.3, 0.4) is 0 Å². The molecule has 0 aromatic heterocycles. The number of amides is 4. The van der Waals surface area contributed by atoms with Crippen molar-refractivity contribution in [3.8, 4) is 5.75 Å². The van der Waals surface area contributed by atoms with Gasteiger partial charge in [-0.3, -0.25) is 14.5 Å². The zero-order valence-electron chi connectivity index (χ0n) is 17.1. The van der Waals surface area contributed by atoms with Crippen LogP contribution in [-0.2, 0) is 21.7 Å². The molecular weight excluding hydrogens is 389 g/mol. The molecule has 1 heterocycles. The summed E-state index contributed by atoms with van der Waals surface area (Å²) in [7, 11) is 3.11. The third-order valence-electron chi connectivity index (χ3n) is 5.34. The van der Waals surface area contributed by atoms with Gasteiger partial charge in [0, 0.05) is 13.6 Å². The average molecular weight is 413 g/mol. The van der Waals surface area contributed by atoms with Crippen molar-refractivity contribution in [2.24, 2.45) is 0 Å². The van der Waals surface area contributed by atoms with E-state index in [1.165, 1.54) is 17.0 Å². The minimum Gasteiger partial charge on any atom is -0.497 e. The SMILES string of the molecule is CCC1(c2ccc(OC)cc2)NC(=O)N(CC(=O)N(C)Cc2ccc(F)cc2)C1=O. The number of nitrogens with zero attached hydrogens (tertiary/aromatic N) is 2. The van der Waals surface area contributed by atoms with Gasteiger partial charge in [-0.2, -0.15) is 0 Å². The molecule has 1 fully saturated rings. The van der Waals surface area contributed by atoms with Gasteiger partial charge in [-0.1, -0.05) is 31.2 Å². The van der Waals surface area contributed by atoms with E-state index >= 15 is 0 Å². The van der Waals surface area contributed by atoms with Gasteiger partial charge in [0.1, 0.15) is 23.7 Å². The summed E-state index contributed by atoms with van der Waals surface area (Å²) in [5.41, 5.74) is 0.142. The maximum absolute atomic E-state index is 13.2. The van der Waals surface area contributed by atoms with Crippen LogP contribution in [0.4, 0.5) is 9.18 Å². The fourth-order valence-corrected chi connectivity index (χ4v) is 3.49. The molecular formula is C22H24FN3O4. The highest BCUT2D eigenvalue weighted by atomic mass is 19.1. The number of nitrogens with one attached hydrogen (secondary N) is 1. The zero-order chi connectivity index (χ0) is 21.9. The fourth-order valence-electron chi connectivity index (χ4n) is 3.49. The first-order valence-electron chi connectivity index (χ1n) is 9.57. The zero-order valence-corrected chi connectivity index (χ0v) is 17.1. The Kier molecular flexibility index (Phi) is 6.05. The van der Waals surface area contributed by atoms with Crippen molar-refractivity contribution < 1.29 is 23.5 Å². The third-order valence-corrected chi connectivity index (χ3v) is 5.34. The molecule has 158 valence electrons. The van der Waals surface area contributed by atoms with E-state index in [0.29, 0.717) is 17.7 Å². The largest absolute Gasteiger partial charge is 0.497 e. The molecule has 1 N–H and O–H groups in total. The lowest BCUT2D eigenvalue weighted by molar-refractivity contribution is -0.138. The van der Waals surface area contributed by atoms with Crippen LogP contribution in [0.15, 0.2) is 48.5 Å². The number of carbonyl (C=O) groups excluding carboxylic acids is 3. The Balaban J connectivity index is 1.74. The quantitative estimate of drug-likeness (QED) is 0.708. The van der Waals surface area contributed by atoms with Crippen molar-refractivity contribution >= 4 is 17.8 Å². The predicted octanol–water partition coefficient (Wildman–Crippen LogP) is 2.65. The van der Waals surface area contributed by atoms with Crippen LogP contribution >= 0.6 is 0 Å². The van der Waals surface area contributed by atoms with Crippen LogP contribution in [0.5, 0.6) is 5.75 Å². The van der Waals surface area contributed by atoms with Gasteiger partial charge in [-0.05, 0) is 41.8 Å². The molecule has 1 unspecified atom stereocenters. The van der Waals surface area contributed by atoms with Gasteiger partial charge in [0.2, 0.25) is 5.91 Å². The minimum atomic E-state index is -1.22. The number of carbonyl (C=O) groups is 3. The Morgan fingerprint density at radius 3 is 2.33 bits per heavy atom. The van der Waals surface area contributed by atoms with E-state index < -0.39 is 23.4 Å². The Morgan fingerprint density at radius 2 is 1.77 bits per heavy atom. The Morgan fingerprint density at radius 1 is 1.13 bits per heavy atom. The van der Waals surface area contributed by atoms with E-state index in [0.717, 1.165) is 10.5 Å². The van der Waals surface area contributed by atoms with E-state index in [-0.39, 0.29) is 18.9 Å². The molecule has 0 aliphatic carbocycles. The molecule has 7 nitrogen and oxygen atoms in total. The molecule has 0 spiro atoms. The molecule has 2 aromatic rings.